The summed E-state index contributed by atoms with van der Waals surface area (Å²) in [5.41, 5.74) is 3.71. The second-order valence-electron chi connectivity index (χ2n) is 5.95. The fraction of sp³-hybridized carbons (Fsp3) is 0.438. The normalized spacial score (nSPS) is 13.5. The molecule has 3 nitrogen and oxygen atoms in total. The monoisotopic (exact) mass is 257 g/mol. The number of aromatic nitrogens is 2. The molecule has 0 bridgehead atoms. The lowest BCUT2D eigenvalue weighted by Crippen LogP contribution is -2.21. The first-order valence-electron chi connectivity index (χ1n) is 6.74. The topological polar surface area (TPSA) is 29.9 Å². The Morgan fingerprint density at radius 3 is 2.32 bits per heavy atom. The summed E-state index contributed by atoms with van der Waals surface area (Å²) in [6.45, 7) is 8.73. The van der Waals surface area contributed by atoms with E-state index >= 15 is 0 Å². The van der Waals surface area contributed by atoms with Crippen LogP contribution in [-0.2, 0) is 5.54 Å². The summed E-state index contributed by atoms with van der Waals surface area (Å²) < 4.78 is 2.21. The lowest BCUT2D eigenvalue weighted by atomic mass is 10.0. The first kappa shape index (κ1) is 13.8. The number of rotatable bonds is 3. The Bertz CT molecular complexity index is 532. The molecule has 1 atom stereocenters. The van der Waals surface area contributed by atoms with E-state index in [2.05, 4.69) is 66.8 Å². The van der Waals surface area contributed by atoms with Crippen LogP contribution in [0.1, 0.15) is 39.3 Å². The van der Waals surface area contributed by atoms with E-state index in [9.17, 15) is 0 Å². The van der Waals surface area contributed by atoms with Gasteiger partial charge in [-0.05, 0) is 45.9 Å². The smallest absolute Gasteiger partial charge is 0.0955 e. The number of hydrogen-bond acceptors (Lipinski definition) is 2. The first-order chi connectivity index (χ1) is 8.93. The third kappa shape index (κ3) is 2.87. The lowest BCUT2D eigenvalue weighted by Gasteiger charge is -2.23. The highest BCUT2D eigenvalue weighted by atomic mass is 15.1. The van der Waals surface area contributed by atoms with Gasteiger partial charge in [-0.15, -0.1) is 0 Å². The standard InChI is InChI=1S/C16H23N3/c1-12(17-5)13-6-8-14(9-7-13)15-10-18-11-19(15)16(2,3)4/h6-12,17H,1-5H3. The molecule has 0 aliphatic rings. The SMILES string of the molecule is CNC(C)c1ccc(-c2cncn2C(C)(C)C)cc1. The third-order valence-corrected chi connectivity index (χ3v) is 3.50. The van der Waals surface area contributed by atoms with E-state index in [1.165, 1.54) is 11.1 Å². The first-order valence-corrected chi connectivity index (χ1v) is 6.74. The maximum absolute atomic E-state index is 4.29. The van der Waals surface area contributed by atoms with Crippen LogP contribution in [0.3, 0.4) is 0 Å². The molecule has 19 heavy (non-hydrogen) atoms. The van der Waals surface area contributed by atoms with Gasteiger partial charge in [0.1, 0.15) is 0 Å². The summed E-state index contributed by atoms with van der Waals surface area (Å²) in [5.74, 6) is 0. The predicted octanol–water partition coefficient (Wildman–Crippen LogP) is 3.59. The number of nitrogens with one attached hydrogen (secondary N) is 1. The maximum Gasteiger partial charge on any atom is 0.0955 e. The molecular weight excluding hydrogens is 234 g/mol. The van der Waals surface area contributed by atoms with Gasteiger partial charge in [0, 0.05) is 11.6 Å². The van der Waals surface area contributed by atoms with Gasteiger partial charge in [0.15, 0.2) is 0 Å². The number of benzene rings is 1. The molecule has 2 aromatic rings. The van der Waals surface area contributed by atoms with E-state index in [0.717, 1.165) is 5.69 Å². The van der Waals surface area contributed by atoms with Crippen molar-refractivity contribution in [2.45, 2.75) is 39.3 Å². The van der Waals surface area contributed by atoms with Crippen molar-refractivity contribution in [3.05, 3.63) is 42.4 Å². The van der Waals surface area contributed by atoms with Crippen molar-refractivity contribution in [3.8, 4) is 11.3 Å². The van der Waals surface area contributed by atoms with Crippen LogP contribution in [0.2, 0.25) is 0 Å². The van der Waals surface area contributed by atoms with E-state index < -0.39 is 0 Å². The third-order valence-electron chi connectivity index (χ3n) is 3.50. The molecule has 102 valence electrons. The van der Waals surface area contributed by atoms with Crippen molar-refractivity contribution in [2.24, 2.45) is 0 Å². The van der Waals surface area contributed by atoms with Crippen molar-refractivity contribution in [1.29, 1.82) is 0 Å². The van der Waals surface area contributed by atoms with Crippen LogP contribution in [0.15, 0.2) is 36.8 Å². The molecule has 1 N–H and O–H groups in total. The summed E-state index contributed by atoms with van der Waals surface area (Å²) in [6, 6.07) is 9.07. The molecular formula is C16H23N3. The molecule has 0 saturated heterocycles. The van der Waals surface area contributed by atoms with Gasteiger partial charge in [0.05, 0.1) is 18.2 Å². The molecule has 1 heterocycles. The van der Waals surface area contributed by atoms with Crippen LogP contribution in [0, 0.1) is 0 Å². The number of hydrogen-bond donors (Lipinski definition) is 1. The zero-order chi connectivity index (χ0) is 14.0. The van der Waals surface area contributed by atoms with Gasteiger partial charge < -0.3 is 9.88 Å². The van der Waals surface area contributed by atoms with Gasteiger partial charge in [0.2, 0.25) is 0 Å². The van der Waals surface area contributed by atoms with Gasteiger partial charge in [-0.3, -0.25) is 0 Å². The molecule has 0 fully saturated rings. The highest BCUT2D eigenvalue weighted by Crippen LogP contribution is 2.26. The molecule has 1 unspecified atom stereocenters. The Morgan fingerprint density at radius 2 is 1.79 bits per heavy atom. The van der Waals surface area contributed by atoms with E-state index in [0.29, 0.717) is 6.04 Å². The van der Waals surface area contributed by atoms with Crippen molar-refractivity contribution in [2.75, 3.05) is 7.05 Å². The van der Waals surface area contributed by atoms with Crippen LogP contribution in [0.25, 0.3) is 11.3 Å². The van der Waals surface area contributed by atoms with Crippen LogP contribution in [0.5, 0.6) is 0 Å². The van der Waals surface area contributed by atoms with Gasteiger partial charge in [-0.25, -0.2) is 4.98 Å². The average molecular weight is 257 g/mol. The van der Waals surface area contributed by atoms with E-state index in [1.807, 2.05) is 19.6 Å². The number of imidazole rings is 1. The van der Waals surface area contributed by atoms with Crippen LogP contribution in [0.4, 0.5) is 0 Å². The highest BCUT2D eigenvalue weighted by molar-refractivity contribution is 5.59. The molecule has 0 amide bonds. The molecule has 0 spiro atoms. The fourth-order valence-electron chi connectivity index (χ4n) is 2.15. The van der Waals surface area contributed by atoms with Gasteiger partial charge >= 0.3 is 0 Å². The average Bonchev–Trinajstić information content (AvgIpc) is 2.87. The van der Waals surface area contributed by atoms with Gasteiger partial charge in [0.25, 0.3) is 0 Å². The summed E-state index contributed by atoms with van der Waals surface area (Å²) in [7, 11) is 1.98. The minimum atomic E-state index is 0.0444. The van der Waals surface area contributed by atoms with E-state index in [4.69, 9.17) is 0 Å². The Balaban J connectivity index is 2.36. The molecule has 1 aromatic carbocycles. The second-order valence-corrected chi connectivity index (χ2v) is 5.95. The summed E-state index contributed by atoms with van der Waals surface area (Å²) in [4.78, 5) is 4.29. The van der Waals surface area contributed by atoms with Crippen LogP contribution in [-0.4, -0.2) is 16.6 Å². The fourth-order valence-corrected chi connectivity index (χ4v) is 2.15. The minimum Gasteiger partial charge on any atom is -0.325 e. The van der Waals surface area contributed by atoms with Crippen molar-refractivity contribution in [1.82, 2.24) is 14.9 Å². The molecule has 0 saturated carbocycles. The molecule has 0 aliphatic heterocycles. The highest BCUT2D eigenvalue weighted by Gasteiger charge is 2.17. The Labute approximate surface area is 115 Å². The maximum atomic E-state index is 4.29. The van der Waals surface area contributed by atoms with Crippen LogP contribution < -0.4 is 5.32 Å². The molecule has 1 aromatic heterocycles. The largest absolute Gasteiger partial charge is 0.325 e. The van der Waals surface area contributed by atoms with Crippen molar-refractivity contribution in [3.63, 3.8) is 0 Å². The van der Waals surface area contributed by atoms with Gasteiger partial charge in [-0.1, -0.05) is 24.3 Å². The Morgan fingerprint density at radius 1 is 1.16 bits per heavy atom. The zero-order valence-electron chi connectivity index (χ0n) is 12.4. The second kappa shape index (κ2) is 5.17. The number of nitrogens with zero attached hydrogens (tertiary/aromatic N) is 2. The molecule has 0 aliphatic carbocycles. The minimum absolute atomic E-state index is 0.0444. The summed E-state index contributed by atoms with van der Waals surface area (Å²) in [6.07, 6.45) is 3.83. The summed E-state index contributed by atoms with van der Waals surface area (Å²) in [5, 5.41) is 3.25. The molecule has 3 heteroatoms. The molecule has 2 rings (SSSR count). The quantitative estimate of drug-likeness (QED) is 0.910. The zero-order valence-corrected chi connectivity index (χ0v) is 12.4. The van der Waals surface area contributed by atoms with Crippen molar-refractivity contribution >= 4 is 0 Å². The summed E-state index contributed by atoms with van der Waals surface area (Å²) >= 11 is 0. The lowest BCUT2D eigenvalue weighted by molar-refractivity contribution is 0.400. The van der Waals surface area contributed by atoms with Crippen molar-refractivity contribution < 1.29 is 0 Å². The van der Waals surface area contributed by atoms with Crippen LogP contribution >= 0.6 is 0 Å². The predicted molar refractivity (Wildman–Crippen MR) is 80.1 cm³/mol. The Hall–Kier alpha value is -1.61. The van der Waals surface area contributed by atoms with Gasteiger partial charge in [-0.2, -0.15) is 0 Å². The van der Waals surface area contributed by atoms with E-state index in [1.54, 1.807) is 0 Å². The Kier molecular flexibility index (Phi) is 3.76. The molecule has 0 radical (unpaired) electrons. The van der Waals surface area contributed by atoms with E-state index in [-0.39, 0.29) is 5.54 Å².